The molecule has 8 heteroatoms. The molecule has 0 radical (unpaired) electrons. The molecule has 3 aromatic rings. The summed E-state index contributed by atoms with van der Waals surface area (Å²) in [5.74, 6) is 0.393. The van der Waals surface area contributed by atoms with Crippen molar-refractivity contribution >= 4 is 29.0 Å². The van der Waals surface area contributed by atoms with Crippen molar-refractivity contribution in [3.05, 3.63) is 64.8 Å². The second kappa shape index (κ2) is 10.3. The van der Waals surface area contributed by atoms with Crippen molar-refractivity contribution in [2.45, 2.75) is 33.6 Å². The van der Waals surface area contributed by atoms with E-state index in [1.807, 2.05) is 6.92 Å². The zero-order chi connectivity index (χ0) is 22.4. The van der Waals surface area contributed by atoms with Gasteiger partial charge in [0.25, 0.3) is 5.91 Å². The molecular formula is C23H25ClFN5O. The molecule has 1 aromatic carbocycles. The maximum Gasteiger partial charge on any atom is 0.254 e. The van der Waals surface area contributed by atoms with Crippen LogP contribution >= 0.6 is 11.6 Å². The maximum atomic E-state index is 14.3. The van der Waals surface area contributed by atoms with Gasteiger partial charge in [0.1, 0.15) is 11.6 Å². The van der Waals surface area contributed by atoms with Crippen molar-refractivity contribution in [1.29, 1.82) is 0 Å². The van der Waals surface area contributed by atoms with Gasteiger partial charge in [0.05, 0.1) is 16.8 Å². The number of halogens is 2. The number of amides is 1. The average Bonchev–Trinajstić information content (AvgIpc) is 2.79. The lowest BCUT2D eigenvalue weighted by atomic mass is 10.1. The standard InChI is InChI=1S/C23H25ClFN5O/c1-4-14(3)11-28-23(31)18-13-26-9-8-20(18)29-21-15(5-2)12-27-22(30-21)17-10-16(24)6-7-19(17)25/h6-10,12-14H,4-5,11H2,1-3H3,(H,28,31)(H,26,27,29,30). The highest BCUT2D eigenvalue weighted by Gasteiger charge is 2.16. The van der Waals surface area contributed by atoms with Crippen LogP contribution < -0.4 is 10.6 Å². The monoisotopic (exact) mass is 441 g/mol. The number of aryl methyl sites for hydroxylation is 1. The smallest absolute Gasteiger partial charge is 0.254 e. The van der Waals surface area contributed by atoms with E-state index in [0.29, 0.717) is 41.0 Å². The number of hydrogen-bond donors (Lipinski definition) is 2. The molecule has 2 N–H and O–H groups in total. The largest absolute Gasteiger partial charge is 0.352 e. The number of nitrogens with one attached hydrogen (secondary N) is 2. The molecule has 2 aromatic heterocycles. The Morgan fingerprint density at radius 2 is 2.03 bits per heavy atom. The highest BCUT2D eigenvalue weighted by Crippen LogP contribution is 2.27. The highest BCUT2D eigenvalue weighted by atomic mass is 35.5. The number of nitrogens with zero attached hydrogens (tertiary/aromatic N) is 3. The van der Waals surface area contributed by atoms with E-state index in [0.717, 1.165) is 12.0 Å². The fourth-order valence-corrected chi connectivity index (χ4v) is 3.06. The van der Waals surface area contributed by atoms with Gasteiger partial charge in [-0.15, -0.1) is 0 Å². The van der Waals surface area contributed by atoms with Gasteiger partial charge < -0.3 is 10.6 Å². The molecule has 0 aliphatic carbocycles. The van der Waals surface area contributed by atoms with E-state index in [-0.39, 0.29) is 17.3 Å². The van der Waals surface area contributed by atoms with Crippen molar-refractivity contribution in [3.8, 4) is 11.4 Å². The average molecular weight is 442 g/mol. The number of carbonyl (C=O) groups is 1. The lowest BCUT2D eigenvalue weighted by Crippen LogP contribution is -2.28. The summed E-state index contributed by atoms with van der Waals surface area (Å²) in [5, 5.41) is 6.54. The molecule has 31 heavy (non-hydrogen) atoms. The van der Waals surface area contributed by atoms with Crippen molar-refractivity contribution in [3.63, 3.8) is 0 Å². The van der Waals surface area contributed by atoms with Gasteiger partial charge >= 0.3 is 0 Å². The van der Waals surface area contributed by atoms with Crippen molar-refractivity contribution in [2.75, 3.05) is 11.9 Å². The van der Waals surface area contributed by atoms with Crippen molar-refractivity contribution in [2.24, 2.45) is 5.92 Å². The van der Waals surface area contributed by atoms with E-state index < -0.39 is 5.82 Å². The third-order valence-corrected chi connectivity index (χ3v) is 5.28. The minimum atomic E-state index is -0.464. The van der Waals surface area contributed by atoms with Crippen LogP contribution in [0, 0.1) is 11.7 Å². The van der Waals surface area contributed by atoms with Crippen molar-refractivity contribution < 1.29 is 9.18 Å². The van der Waals surface area contributed by atoms with Crippen LogP contribution in [0.4, 0.5) is 15.9 Å². The molecule has 0 saturated carbocycles. The summed E-state index contributed by atoms with van der Waals surface area (Å²) in [6.45, 7) is 6.70. The molecule has 1 unspecified atom stereocenters. The number of rotatable bonds is 8. The van der Waals surface area contributed by atoms with E-state index >= 15 is 0 Å². The van der Waals surface area contributed by atoms with E-state index in [4.69, 9.17) is 11.6 Å². The lowest BCUT2D eigenvalue weighted by Gasteiger charge is -2.15. The Morgan fingerprint density at radius 3 is 2.77 bits per heavy atom. The fourth-order valence-electron chi connectivity index (χ4n) is 2.89. The van der Waals surface area contributed by atoms with Gasteiger partial charge in [-0.2, -0.15) is 0 Å². The molecule has 0 aliphatic rings. The van der Waals surface area contributed by atoms with E-state index in [1.165, 1.54) is 24.4 Å². The Morgan fingerprint density at radius 1 is 1.23 bits per heavy atom. The molecule has 162 valence electrons. The molecule has 6 nitrogen and oxygen atoms in total. The first kappa shape index (κ1) is 22.6. The molecule has 3 rings (SSSR count). The molecule has 2 heterocycles. The topological polar surface area (TPSA) is 79.8 Å². The Balaban J connectivity index is 1.94. The van der Waals surface area contributed by atoms with Crippen LogP contribution in [0.25, 0.3) is 11.4 Å². The van der Waals surface area contributed by atoms with Gasteiger partial charge in [0.15, 0.2) is 5.82 Å². The third-order valence-electron chi connectivity index (χ3n) is 5.04. The summed E-state index contributed by atoms with van der Waals surface area (Å²) >= 11 is 6.02. The minimum Gasteiger partial charge on any atom is -0.352 e. The first-order chi connectivity index (χ1) is 14.9. The second-order valence-corrected chi connectivity index (χ2v) is 7.75. The summed E-state index contributed by atoms with van der Waals surface area (Å²) in [7, 11) is 0. The number of aromatic nitrogens is 3. The van der Waals surface area contributed by atoms with Crippen LogP contribution in [-0.2, 0) is 6.42 Å². The number of pyridine rings is 1. The van der Waals surface area contributed by atoms with Crippen LogP contribution in [0.1, 0.15) is 43.1 Å². The number of anilines is 2. The van der Waals surface area contributed by atoms with Crippen LogP contribution in [-0.4, -0.2) is 27.4 Å². The fraction of sp³-hybridized carbons (Fsp3) is 0.304. The first-order valence-electron chi connectivity index (χ1n) is 10.2. The number of carbonyl (C=O) groups excluding carboxylic acids is 1. The minimum absolute atomic E-state index is 0.205. The Kier molecular flexibility index (Phi) is 7.52. The summed E-state index contributed by atoms with van der Waals surface area (Å²) in [6.07, 6.45) is 6.38. The van der Waals surface area contributed by atoms with E-state index in [9.17, 15) is 9.18 Å². The van der Waals surface area contributed by atoms with Crippen molar-refractivity contribution in [1.82, 2.24) is 20.3 Å². The third kappa shape index (κ3) is 5.55. The summed E-state index contributed by atoms with van der Waals surface area (Å²) in [6, 6.07) is 5.95. The lowest BCUT2D eigenvalue weighted by molar-refractivity contribution is 0.0948. The predicted molar refractivity (Wildman–Crippen MR) is 121 cm³/mol. The summed E-state index contributed by atoms with van der Waals surface area (Å²) < 4.78 is 14.3. The molecule has 0 bridgehead atoms. The van der Waals surface area contributed by atoms with Gasteiger partial charge in [-0.1, -0.05) is 38.8 Å². The summed E-state index contributed by atoms with van der Waals surface area (Å²) in [5.41, 5.74) is 2.00. The predicted octanol–water partition coefficient (Wildman–Crippen LogP) is 5.41. The number of benzene rings is 1. The molecule has 0 spiro atoms. The quantitative estimate of drug-likeness (QED) is 0.488. The molecular weight excluding hydrogens is 417 g/mol. The van der Waals surface area contributed by atoms with Crippen LogP contribution in [0.2, 0.25) is 5.02 Å². The SMILES string of the molecule is CCc1cnc(-c2cc(Cl)ccc2F)nc1Nc1ccncc1C(=O)NCC(C)CC. The van der Waals surface area contributed by atoms with Gasteiger partial charge in [0.2, 0.25) is 0 Å². The molecule has 0 fully saturated rings. The maximum absolute atomic E-state index is 14.3. The van der Waals surface area contributed by atoms with Gasteiger partial charge in [-0.3, -0.25) is 9.78 Å². The van der Waals surface area contributed by atoms with Crippen LogP contribution in [0.5, 0.6) is 0 Å². The van der Waals surface area contributed by atoms with Gasteiger partial charge in [-0.05, 0) is 36.6 Å². The molecule has 1 atom stereocenters. The van der Waals surface area contributed by atoms with Crippen LogP contribution in [0.15, 0.2) is 42.9 Å². The van der Waals surface area contributed by atoms with Gasteiger partial charge in [0, 0.05) is 35.7 Å². The van der Waals surface area contributed by atoms with E-state index in [1.54, 1.807) is 18.5 Å². The first-order valence-corrected chi connectivity index (χ1v) is 10.6. The normalized spacial score (nSPS) is 11.8. The number of hydrogen-bond acceptors (Lipinski definition) is 5. The zero-order valence-corrected chi connectivity index (χ0v) is 18.5. The molecule has 1 amide bonds. The summed E-state index contributed by atoms with van der Waals surface area (Å²) in [4.78, 5) is 25.6. The van der Waals surface area contributed by atoms with Gasteiger partial charge in [-0.25, -0.2) is 14.4 Å². The zero-order valence-electron chi connectivity index (χ0n) is 17.7. The van der Waals surface area contributed by atoms with Crippen LogP contribution in [0.3, 0.4) is 0 Å². The Labute approximate surface area is 186 Å². The second-order valence-electron chi connectivity index (χ2n) is 7.31. The molecule has 0 aliphatic heterocycles. The van der Waals surface area contributed by atoms with E-state index in [2.05, 4.69) is 39.4 Å². The highest BCUT2D eigenvalue weighted by molar-refractivity contribution is 6.30. The molecule has 0 saturated heterocycles. The Hall–Kier alpha value is -3.06. The Bertz CT molecular complexity index is 1080.